The molecule has 2 heteroatoms. The number of benzene rings is 1. The molecule has 1 aliphatic carbocycles. The Morgan fingerprint density at radius 3 is 2.50 bits per heavy atom. The van der Waals surface area contributed by atoms with Crippen LogP contribution in [0.5, 0.6) is 0 Å². The van der Waals surface area contributed by atoms with Gasteiger partial charge in [0.05, 0.1) is 11.6 Å². The SMILES string of the molecule is CC1CC(C)CC(NCc2ccccc2C#N)C1. The van der Waals surface area contributed by atoms with Crippen LogP contribution in [0.3, 0.4) is 0 Å². The van der Waals surface area contributed by atoms with Gasteiger partial charge in [-0.05, 0) is 42.7 Å². The van der Waals surface area contributed by atoms with Crippen LogP contribution in [0.15, 0.2) is 24.3 Å². The molecular formula is C16H22N2. The van der Waals surface area contributed by atoms with E-state index in [1.54, 1.807) is 0 Å². The van der Waals surface area contributed by atoms with Crippen molar-refractivity contribution < 1.29 is 0 Å². The molecule has 0 amide bonds. The van der Waals surface area contributed by atoms with Crippen molar-refractivity contribution in [2.75, 3.05) is 0 Å². The average molecular weight is 242 g/mol. The molecule has 0 heterocycles. The van der Waals surface area contributed by atoms with Gasteiger partial charge in [-0.25, -0.2) is 0 Å². The molecule has 0 bridgehead atoms. The Morgan fingerprint density at radius 1 is 1.17 bits per heavy atom. The summed E-state index contributed by atoms with van der Waals surface area (Å²) in [5, 5.41) is 12.7. The van der Waals surface area contributed by atoms with Gasteiger partial charge in [0.15, 0.2) is 0 Å². The van der Waals surface area contributed by atoms with E-state index in [4.69, 9.17) is 5.26 Å². The Balaban J connectivity index is 1.93. The maximum atomic E-state index is 9.06. The Kier molecular flexibility index (Phi) is 4.38. The lowest BCUT2D eigenvalue weighted by molar-refractivity contribution is 0.238. The van der Waals surface area contributed by atoms with Crippen LogP contribution in [0.4, 0.5) is 0 Å². The predicted octanol–water partition coefficient (Wildman–Crippen LogP) is 3.47. The lowest BCUT2D eigenvalue weighted by Crippen LogP contribution is -2.36. The molecule has 2 atom stereocenters. The minimum Gasteiger partial charge on any atom is -0.310 e. The minimum atomic E-state index is 0.607. The fraction of sp³-hybridized carbons (Fsp3) is 0.562. The summed E-state index contributed by atoms with van der Waals surface area (Å²) in [6, 6.07) is 10.7. The molecule has 1 saturated carbocycles. The normalized spacial score (nSPS) is 27.7. The molecule has 96 valence electrons. The molecule has 0 saturated heterocycles. The second kappa shape index (κ2) is 6.02. The van der Waals surface area contributed by atoms with Gasteiger partial charge in [0.2, 0.25) is 0 Å². The molecule has 0 aliphatic heterocycles. The largest absolute Gasteiger partial charge is 0.310 e. The van der Waals surface area contributed by atoms with Crippen molar-refractivity contribution in [1.29, 1.82) is 5.26 Å². The first-order chi connectivity index (χ1) is 8.69. The number of nitrogens with zero attached hydrogens (tertiary/aromatic N) is 1. The van der Waals surface area contributed by atoms with Crippen LogP contribution in [-0.2, 0) is 6.54 Å². The second-order valence-electron chi connectivity index (χ2n) is 5.76. The van der Waals surface area contributed by atoms with Gasteiger partial charge in [-0.3, -0.25) is 0 Å². The highest BCUT2D eigenvalue weighted by atomic mass is 14.9. The van der Waals surface area contributed by atoms with Gasteiger partial charge in [0.25, 0.3) is 0 Å². The van der Waals surface area contributed by atoms with Crippen LogP contribution in [0, 0.1) is 23.2 Å². The molecule has 1 fully saturated rings. The maximum absolute atomic E-state index is 9.06. The van der Waals surface area contributed by atoms with E-state index in [2.05, 4.69) is 25.2 Å². The first kappa shape index (κ1) is 13.1. The van der Waals surface area contributed by atoms with E-state index in [-0.39, 0.29) is 0 Å². The molecule has 1 aromatic carbocycles. The van der Waals surface area contributed by atoms with Crippen LogP contribution in [0.2, 0.25) is 0 Å². The van der Waals surface area contributed by atoms with Crippen molar-refractivity contribution in [3.05, 3.63) is 35.4 Å². The molecule has 2 nitrogen and oxygen atoms in total. The lowest BCUT2D eigenvalue weighted by Gasteiger charge is -2.32. The van der Waals surface area contributed by atoms with E-state index >= 15 is 0 Å². The summed E-state index contributed by atoms with van der Waals surface area (Å²) in [7, 11) is 0. The molecule has 0 aromatic heterocycles. The van der Waals surface area contributed by atoms with Crippen molar-refractivity contribution in [3.63, 3.8) is 0 Å². The van der Waals surface area contributed by atoms with Gasteiger partial charge in [0, 0.05) is 12.6 Å². The molecule has 0 radical (unpaired) electrons. The zero-order valence-corrected chi connectivity index (χ0v) is 11.3. The summed E-state index contributed by atoms with van der Waals surface area (Å²) >= 11 is 0. The van der Waals surface area contributed by atoms with Crippen LogP contribution in [0.1, 0.15) is 44.2 Å². The molecule has 0 spiro atoms. The molecule has 1 aliphatic rings. The van der Waals surface area contributed by atoms with Crippen LogP contribution in [0.25, 0.3) is 0 Å². The predicted molar refractivity (Wildman–Crippen MR) is 74.0 cm³/mol. The first-order valence-electron chi connectivity index (χ1n) is 6.90. The van der Waals surface area contributed by atoms with Crippen LogP contribution < -0.4 is 5.32 Å². The summed E-state index contributed by atoms with van der Waals surface area (Å²) < 4.78 is 0. The summed E-state index contributed by atoms with van der Waals surface area (Å²) in [6.07, 6.45) is 3.88. The Bertz CT molecular complexity index is 423. The van der Waals surface area contributed by atoms with E-state index in [0.29, 0.717) is 6.04 Å². The fourth-order valence-electron chi connectivity index (χ4n) is 3.15. The van der Waals surface area contributed by atoms with Gasteiger partial charge in [-0.1, -0.05) is 32.0 Å². The van der Waals surface area contributed by atoms with Crippen molar-refractivity contribution in [1.82, 2.24) is 5.32 Å². The Hall–Kier alpha value is -1.33. The van der Waals surface area contributed by atoms with Crippen molar-refractivity contribution in [2.45, 2.75) is 45.7 Å². The van der Waals surface area contributed by atoms with Crippen molar-refractivity contribution in [2.24, 2.45) is 11.8 Å². The zero-order valence-electron chi connectivity index (χ0n) is 11.3. The van der Waals surface area contributed by atoms with Crippen LogP contribution in [-0.4, -0.2) is 6.04 Å². The van der Waals surface area contributed by atoms with Crippen molar-refractivity contribution >= 4 is 0 Å². The average Bonchev–Trinajstić information content (AvgIpc) is 2.35. The Morgan fingerprint density at radius 2 is 1.83 bits per heavy atom. The highest BCUT2D eigenvalue weighted by Gasteiger charge is 2.23. The number of hydrogen-bond acceptors (Lipinski definition) is 2. The number of nitriles is 1. The number of nitrogens with one attached hydrogen (secondary N) is 1. The van der Waals surface area contributed by atoms with Gasteiger partial charge in [-0.2, -0.15) is 5.26 Å². The third-order valence-corrected chi connectivity index (χ3v) is 3.90. The monoisotopic (exact) mass is 242 g/mol. The highest BCUT2D eigenvalue weighted by molar-refractivity contribution is 5.37. The van der Waals surface area contributed by atoms with Gasteiger partial charge < -0.3 is 5.32 Å². The number of rotatable bonds is 3. The lowest BCUT2D eigenvalue weighted by atomic mass is 9.80. The molecule has 1 aromatic rings. The maximum Gasteiger partial charge on any atom is 0.0995 e. The molecular weight excluding hydrogens is 220 g/mol. The smallest absolute Gasteiger partial charge is 0.0995 e. The highest BCUT2D eigenvalue weighted by Crippen LogP contribution is 2.28. The fourth-order valence-corrected chi connectivity index (χ4v) is 3.15. The summed E-state index contributed by atoms with van der Waals surface area (Å²) in [6.45, 7) is 5.50. The summed E-state index contributed by atoms with van der Waals surface area (Å²) in [4.78, 5) is 0. The van der Waals surface area contributed by atoms with Crippen LogP contribution >= 0.6 is 0 Å². The minimum absolute atomic E-state index is 0.607. The quantitative estimate of drug-likeness (QED) is 0.881. The van der Waals surface area contributed by atoms with E-state index < -0.39 is 0 Å². The third-order valence-electron chi connectivity index (χ3n) is 3.90. The van der Waals surface area contributed by atoms with Gasteiger partial charge >= 0.3 is 0 Å². The summed E-state index contributed by atoms with van der Waals surface area (Å²) in [5.41, 5.74) is 1.91. The Labute approximate surface area is 110 Å². The molecule has 2 unspecified atom stereocenters. The van der Waals surface area contributed by atoms with E-state index in [1.165, 1.54) is 19.3 Å². The van der Waals surface area contributed by atoms with Crippen molar-refractivity contribution in [3.8, 4) is 6.07 Å². The van der Waals surface area contributed by atoms with E-state index in [0.717, 1.165) is 29.5 Å². The van der Waals surface area contributed by atoms with E-state index in [1.807, 2.05) is 24.3 Å². The molecule has 18 heavy (non-hydrogen) atoms. The van der Waals surface area contributed by atoms with E-state index in [9.17, 15) is 0 Å². The zero-order chi connectivity index (χ0) is 13.0. The number of hydrogen-bond donors (Lipinski definition) is 1. The summed E-state index contributed by atoms with van der Waals surface area (Å²) in [5.74, 6) is 1.63. The van der Waals surface area contributed by atoms with Gasteiger partial charge in [0.1, 0.15) is 0 Å². The molecule has 2 rings (SSSR count). The molecule has 1 N–H and O–H groups in total. The van der Waals surface area contributed by atoms with Gasteiger partial charge in [-0.15, -0.1) is 0 Å². The standard InChI is InChI=1S/C16H22N2/c1-12-7-13(2)9-16(8-12)18-11-15-6-4-3-5-14(15)10-17/h3-6,12-13,16,18H,7-9,11H2,1-2H3. The second-order valence-corrected chi connectivity index (χ2v) is 5.76. The first-order valence-corrected chi connectivity index (χ1v) is 6.90. The third kappa shape index (κ3) is 3.34. The topological polar surface area (TPSA) is 35.8 Å².